The second-order valence-electron chi connectivity index (χ2n) is 8.72. The molecule has 1 aliphatic heterocycles. The number of hydrogen-bond donors (Lipinski definition) is 0. The van der Waals surface area contributed by atoms with Gasteiger partial charge in [0.05, 0.1) is 4.90 Å². The first-order valence-electron chi connectivity index (χ1n) is 12.1. The van der Waals surface area contributed by atoms with E-state index in [1.807, 2.05) is 24.3 Å². The highest BCUT2D eigenvalue weighted by molar-refractivity contribution is 9.10. The van der Waals surface area contributed by atoms with Crippen LogP contribution in [-0.4, -0.2) is 62.1 Å². The second kappa shape index (κ2) is 13.0. The molecule has 0 saturated carbocycles. The lowest BCUT2D eigenvalue weighted by Gasteiger charge is -2.34. The molecule has 0 radical (unpaired) electrons. The van der Waals surface area contributed by atoms with Crippen LogP contribution in [0.5, 0.6) is 5.75 Å². The Morgan fingerprint density at radius 3 is 1.92 bits per heavy atom. The lowest BCUT2D eigenvalue weighted by Crippen LogP contribution is -2.51. The molecule has 0 aliphatic carbocycles. The Morgan fingerprint density at radius 2 is 1.36 bits per heavy atom. The van der Waals surface area contributed by atoms with Gasteiger partial charge in [-0.15, -0.1) is 0 Å². The minimum Gasteiger partial charge on any atom is -0.484 e. The van der Waals surface area contributed by atoms with E-state index in [-0.39, 0.29) is 49.4 Å². The summed E-state index contributed by atoms with van der Waals surface area (Å²) < 4.78 is 46.5. The summed E-state index contributed by atoms with van der Waals surface area (Å²) in [6, 6.07) is 19.3. The van der Waals surface area contributed by atoms with Gasteiger partial charge in [0.2, 0.25) is 10.0 Å². The molecule has 3 aromatic carbocycles. The molecule has 39 heavy (non-hydrogen) atoms. The maximum Gasteiger partial charge on any atom is 0.260 e. The molecule has 0 bridgehead atoms. The van der Waals surface area contributed by atoms with Crippen LogP contribution in [0.2, 0.25) is 0 Å². The molecule has 0 N–H and O–H groups in total. The average molecular weight is 614 g/mol. The van der Waals surface area contributed by atoms with Crippen molar-refractivity contribution in [1.82, 2.24) is 9.21 Å². The molecule has 1 amide bonds. The van der Waals surface area contributed by atoms with E-state index >= 15 is 0 Å². The summed E-state index contributed by atoms with van der Waals surface area (Å²) in [5.41, 5.74) is 1.73. The van der Waals surface area contributed by atoms with Crippen molar-refractivity contribution in [3.05, 3.63) is 106 Å². The number of amides is 1. The molecule has 1 saturated heterocycles. The molecule has 1 heterocycles. The number of benzene rings is 3. The maximum absolute atomic E-state index is 13.1. The highest BCUT2D eigenvalue weighted by Gasteiger charge is 2.30. The van der Waals surface area contributed by atoms with Gasteiger partial charge in [-0.1, -0.05) is 52.3 Å². The molecule has 7 nitrogen and oxygen atoms in total. The predicted molar refractivity (Wildman–Crippen MR) is 151 cm³/mol. The smallest absolute Gasteiger partial charge is 0.260 e. The van der Waals surface area contributed by atoms with Crippen molar-refractivity contribution in [2.24, 2.45) is 0 Å². The molecule has 1 aliphatic rings. The van der Waals surface area contributed by atoms with Crippen molar-refractivity contribution in [2.75, 3.05) is 32.8 Å². The van der Waals surface area contributed by atoms with E-state index in [1.54, 1.807) is 41.3 Å². The number of nitrogens with zero attached hydrogens (tertiary/aromatic N) is 2. The van der Waals surface area contributed by atoms with Gasteiger partial charge in [0.15, 0.2) is 12.4 Å². The standard InChI is InChI=1S/C29H26BrFN2O5S/c30-24-7-1-22(2-8-24)3-11-26(34)12-4-23-5-13-27(14-6-23)38-21-29(35)32-17-19-33(20-18-32)39(36,37)28-15-9-25(31)10-16-28/h1-16H,17-21H2. The van der Waals surface area contributed by atoms with Crippen molar-refractivity contribution in [3.8, 4) is 5.75 Å². The highest BCUT2D eigenvalue weighted by atomic mass is 79.9. The van der Waals surface area contributed by atoms with Crippen LogP contribution in [0, 0.1) is 5.82 Å². The number of rotatable bonds is 9. The van der Waals surface area contributed by atoms with Crippen molar-refractivity contribution in [1.29, 1.82) is 0 Å². The van der Waals surface area contributed by atoms with Gasteiger partial charge < -0.3 is 9.64 Å². The lowest BCUT2D eigenvalue weighted by atomic mass is 10.1. The molecule has 0 aromatic heterocycles. The van der Waals surface area contributed by atoms with Gasteiger partial charge in [0.1, 0.15) is 11.6 Å². The van der Waals surface area contributed by atoms with E-state index < -0.39 is 15.8 Å². The van der Waals surface area contributed by atoms with Gasteiger partial charge in [0, 0.05) is 30.7 Å². The normalized spacial score (nSPS) is 14.7. The molecule has 10 heteroatoms. The second-order valence-corrected chi connectivity index (χ2v) is 11.6. The molecule has 3 aromatic rings. The van der Waals surface area contributed by atoms with Crippen LogP contribution in [0.25, 0.3) is 12.2 Å². The summed E-state index contributed by atoms with van der Waals surface area (Å²) in [5.74, 6) is -0.402. The van der Waals surface area contributed by atoms with Crippen molar-refractivity contribution >= 4 is 49.8 Å². The summed E-state index contributed by atoms with van der Waals surface area (Å²) in [4.78, 5) is 26.3. The molecule has 0 unspecified atom stereocenters. The topological polar surface area (TPSA) is 84.0 Å². The van der Waals surface area contributed by atoms with Gasteiger partial charge in [0.25, 0.3) is 5.91 Å². The Hall–Kier alpha value is -3.60. The first-order chi connectivity index (χ1) is 18.7. The number of carbonyl (C=O) groups excluding carboxylic acids is 2. The van der Waals surface area contributed by atoms with Gasteiger partial charge in [-0.25, -0.2) is 12.8 Å². The van der Waals surface area contributed by atoms with E-state index in [1.165, 1.54) is 28.6 Å². The van der Waals surface area contributed by atoms with E-state index in [4.69, 9.17) is 4.74 Å². The summed E-state index contributed by atoms with van der Waals surface area (Å²) in [6.07, 6.45) is 6.42. The van der Waals surface area contributed by atoms with Gasteiger partial charge in [-0.05, 0) is 71.8 Å². The third kappa shape index (κ3) is 7.95. The van der Waals surface area contributed by atoms with Crippen LogP contribution < -0.4 is 4.74 Å². The quantitative estimate of drug-likeness (QED) is 0.324. The van der Waals surface area contributed by atoms with Crippen molar-refractivity contribution < 1.29 is 27.1 Å². The highest BCUT2D eigenvalue weighted by Crippen LogP contribution is 2.19. The Labute approximate surface area is 235 Å². The largest absolute Gasteiger partial charge is 0.484 e. The van der Waals surface area contributed by atoms with Crippen molar-refractivity contribution in [3.63, 3.8) is 0 Å². The minimum atomic E-state index is -3.75. The van der Waals surface area contributed by atoms with E-state index in [0.29, 0.717) is 5.75 Å². The van der Waals surface area contributed by atoms with E-state index in [9.17, 15) is 22.4 Å². The Kier molecular flexibility index (Phi) is 9.45. The Balaban J connectivity index is 1.22. The van der Waals surface area contributed by atoms with E-state index in [0.717, 1.165) is 27.7 Å². The SMILES string of the molecule is O=C(C=Cc1ccc(Br)cc1)C=Cc1ccc(OCC(=O)N2CCN(S(=O)(=O)c3ccc(F)cc3)CC2)cc1. The summed E-state index contributed by atoms with van der Waals surface area (Å²) in [7, 11) is -3.75. The Morgan fingerprint density at radius 1 is 0.821 bits per heavy atom. The summed E-state index contributed by atoms with van der Waals surface area (Å²) in [6.45, 7) is 0.569. The molecular formula is C29H26BrFN2O5S. The number of ether oxygens (including phenoxy) is 1. The molecule has 4 rings (SSSR count). The number of halogens is 2. The fourth-order valence-corrected chi connectivity index (χ4v) is 5.52. The summed E-state index contributed by atoms with van der Waals surface area (Å²) in [5, 5.41) is 0. The minimum absolute atomic E-state index is 0.0202. The zero-order valence-corrected chi connectivity index (χ0v) is 23.3. The molecule has 0 spiro atoms. The van der Waals surface area contributed by atoms with Crippen molar-refractivity contribution in [2.45, 2.75) is 4.90 Å². The molecule has 0 atom stereocenters. The molecule has 1 fully saturated rings. The number of allylic oxidation sites excluding steroid dienone is 2. The number of ketones is 1. The maximum atomic E-state index is 13.1. The monoisotopic (exact) mass is 612 g/mol. The van der Waals surface area contributed by atoms with Crippen LogP contribution in [-0.2, 0) is 19.6 Å². The number of piperazine rings is 1. The predicted octanol–water partition coefficient (Wildman–Crippen LogP) is 4.80. The number of hydrogen-bond acceptors (Lipinski definition) is 5. The number of sulfonamides is 1. The van der Waals surface area contributed by atoms with Crippen LogP contribution in [0.15, 0.2) is 94.3 Å². The zero-order valence-electron chi connectivity index (χ0n) is 20.9. The van der Waals surface area contributed by atoms with E-state index in [2.05, 4.69) is 15.9 Å². The lowest BCUT2D eigenvalue weighted by molar-refractivity contribution is -0.134. The Bertz CT molecular complexity index is 1460. The zero-order chi connectivity index (χ0) is 27.8. The van der Waals surface area contributed by atoms with Crippen LogP contribution in [0.1, 0.15) is 11.1 Å². The van der Waals surface area contributed by atoms with Crippen LogP contribution in [0.4, 0.5) is 4.39 Å². The third-order valence-electron chi connectivity index (χ3n) is 6.04. The van der Waals surface area contributed by atoms with Gasteiger partial charge in [-0.3, -0.25) is 9.59 Å². The molecule has 202 valence electrons. The average Bonchev–Trinajstić information content (AvgIpc) is 2.95. The van der Waals surface area contributed by atoms with Gasteiger partial charge >= 0.3 is 0 Å². The molecular weight excluding hydrogens is 587 g/mol. The third-order valence-corrected chi connectivity index (χ3v) is 8.48. The number of carbonyl (C=O) groups is 2. The fraction of sp³-hybridized carbons (Fsp3) is 0.172. The van der Waals surface area contributed by atoms with Crippen LogP contribution >= 0.6 is 15.9 Å². The summed E-state index contributed by atoms with van der Waals surface area (Å²) >= 11 is 3.37. The first kappa shape index (κ1) is 28.4. The fourth-order valence-electron chi connectivity index (χ4n) is 3.83. The first-order valence-corrected chi connectivity index (χ1v) is 14.4. The van der Waals surface area contributed by atoms with Crippen LogP contribution in [0.3, 0.4) is 0 Å². The van der Waals surface area contributed by atoms with Gasteiger partial charge in [-0.2, -0.15) is 4.31 Å².